The third-order valence-electron chi connectivity index (χ3n) is 10.6. The number of aromatic nitrogens is 3. The average Bonchev–Trinajstić information content (AvgIpc) is 3.69. The smallest absolute Gasteiger partial charge is 0.149 e. The van der Waals surface area contributed by atoms with Crippen molar-refractivity contribution in [3.63, 3.8) is 0 Å². The van der Waals surface area contributed by atoms with E-state index >= 15 is 0 Å². The fraction of sp³-hybridized carbons (Fsp3) is 0.222. The van der Waals surface area contributed by atoms with Gasteiger partial charge in [0.25, 0.3) is 0 Å². The molecular weight excluding hydrogens is 707 g/mol. The van der Waals surface area contributed by atoms with Gasteiger partial charge in [0.1, 0.15) is 11.6 Å². The number of hydrogen-bond acceptors (Lipinski definition) is 3. The van der Waals surface area contributed by atoms with Crippen molar-refractivity contribution in [3.05, 3.63) is 167 Å². The van der Waals surface area contributed by atoms with Gasteiger partial charge in [-0.25, -0.2) is 4.98 Å². The van der Waals surface area contributed by atoms with Gasteiger partial charge in [-0.15, -0.1) is 0 Å². The number of rotatable bonds is 8. The predicted molar refractivity (Wildman–Crippen MR) is 244 cm³/mol. The van der Waals surface area contributed by atoms with Crippen molar-refractivity contribution in [1.82, 2.24) is 14.5 Å². The van der Waals surface area contributed by atoms with E-state index in [1.54, 1.807) is 24.3 Å². The fourth-order valence-electron chi connectivity index (χ4n) is 7.31. The van der Waals surface area contributed by atoms with Gasteiger partial charge in [0.05, 0.1) is 31.9 Å². The van der Waals surface area contributed by atoms with Crippen LogP contribution in [-0.2, 0) is 5.41 Å². The minimum absolute atomic E-state index is 0.0418. The molecule has 6 aromatic carbocycles. The Morgan fingerprint density at radius 1 is 0.672 bits per heavy atom. The summed E-state index contributed by atoms with van der Waals surface area (Å²) in [6.07, 6.45) is -0.602. The lowest BCUT2D eigenvalue weighted by molar-refractivity contribution is 0.466. The zero-order valence-corrected chi connectivity index (χ0v) is 33.7. The number of aromatic hydroxyl groups is 1. The van der Waals surface area contributed by atoms with Gasteiger partial charge in [-0.3, -0.25) is 9.55 Å². The summed E-state index contributed by atoms with van der Waals surface area (Å²) in [5, 5.41) is 12.2. The normalized spacial score (nSPS) is 15.6. The van der Waals surface area contributed by atoms with Crippen LogP contribution in [0.2, 0.25) is 0 Å². The minimum Gasteiger partial charge on any atom is -0.507 e. The molecule has 0 atom stereocenters. The van der Waals surface area contributed by atoms with Gasteiger partial charge < -0.3 is 5.11 Å². The number of phenolic OH excluding ortho intramolecular Hbond substituents is 1. The molecule has 0 saturated carbocycles. The monoisotopic (exact) mass is 773 g/mol. The Kier molecular flexibility index (Phi) is 6.80. The Morgan fingerprint density at radius 3 is 2.16 bits per heavy atom. The summed E-state index contributed by atoms with van der Waals surface area (Å²) in [5.74, 6) is 0.417. The third kappa shape index (κ3) is 7.36. The van der Waals surface area contributed by atoms with Gasteiger partial charge in [-0.1, -0.05) is 139 Å². The first-order chi connectivity index (χ1) is 33.1. The van der Waals surface area contributed by atoms with Crippen molar-refractivity contribution in [3.8, 4) is 67.5 Å². The summed E-state index contributed by atoms with van der Waals surface area (Å²) in [7, 11) is 0. The zero-order valence-electron chi connectivity index (χ0n) is 46.7. The second kappa shape index (κ2) is 15.2. The molecule has 4 nitrogen and oxygen atoms in total. The molecule has 8 aromatic rings. The van der Waals surface area contributed by atoms with Crippen LogP contribution in [0.15, 0.2) is 139 Å². The summed E-state index contributed by atoms with van der Waals surface area (Å²) in [6, 6.07) is 25.4. The molecule has 2 heterocycles. The highest BCUT2D eigenvalue weighted by Gasteiger charge is 2.25. The number of phenols is 1. The van der Waals surface area contributed by atoms with Crippen molar-refractivity contribution >= 4 is 11.0 Å². The van der Waals surface area contributed by atoms with Crippen LogP contribution in [0, 0.1) is 13.7 Å². The summed E-state index contributed by atoms with van der Waals surface area (Å²) in [4.78, 5) is 9.77. The van der Waals surface area contributed by atoms with Gasteiger partial charge in [-0.05, 0) is 130 Å². The molecule has 0 unspecified atom stereocenters. The fourth-order valence-corrected chi connectivity index (χ4v) is 7.31. The van der Waals surface area contributed by atoms with Crippen molar-refractivity contribution in [2.45, 2.75) is 79.4 Å². The average molecular weight is 773 g/mol. The Morgan fingerprint density at radius 2 is 1.45 bits per heavy atom. The second-order valence-corrected chi connectivity index (χ2v) is 16.4. The molecule has 8 rings (SSSR count). The molecule has 0 radical (unpaired) electrons. The number of nitrogens with zero attached hydrogens (tertiary/aromatic N) is 3. The first-order valence-corrected chi connectivity index (χ1v) is 19.5. The van der Waals surface area contributed by atoms with E-state index in [0.29, 0.717) is 50.4 Å². The molecule has 0 aliphatic carbocycles. The Balaban J connectivity index is 1.44. The number of pyridine rings is 1. The van der Waals surface area contributed by atoms with Crippen LogP contribution < -0.4 is 0 Å². The molecule has 1 N–H and O–H groups in total. The van der Waals surface area contributed by atoms with Crippen molar-refractivity contribution in [2.75, 3.05) is 0 Å². The van der Waals surface area contributed by atoms with Crippen LogP contribution in [0.25, 0.3) is 72.7 Å². The largest absolute Gasteiger partial charge is 0.507 e. The SMILES string of the molecule is [2H]c1nc(-c2cc(-c3cccc4c3nc(-c3cc(C(C)C)cc(C(C)C)c3O)n4-c3ccc(-c4ccccc4)c(C([2H])([2H])[2H])c3)cc(C(C)(C)C)c2)c([2H])c(-c2c([2H])c([2H])c(C([2H])([2H])[2H])c([2H])c2[2H])c1[2H]. The van der Waals surface area contributed by atoms with E-state index < -0.39 is 78.2 Å². The molecular formula is C54H53N3O. The number of hydrogen-bond donors (Lipinski definition) is 1. The molecule has 0 spiro atoms. The van der Waals surface area contributed by atoms with E-state index in [4.69, 9.17) is 21.4 Å². The molecule has 2 aromatic heterocycles. The number of fused-ring (bicyclic) bond motifs is 1. The summed E-state index contributed by atoms with van der Waals surface area (Å²) in [6.45, 7) is 8.65. The molecule has 0 bridgehead atoms. The maximum atomic E-state index is 12.2. The predicted octanol–water partition coefficient (Wildman–Crippen LogP) is 14.6. The van der Waals surface area contributed by atoms with Crippen LogP contribution >= 0.6 is 0 Å². The van der Waals surface area contributed by atoms with E-state index in [9.17, 15) is 6.48 Å². The van der Waals surface area contributed by atoms with Crippen molar-refractivity contribution < 1.29 is 22.9 Å². The van der Waals surface area contributed by atoms with E-state index in [0.717, 1.165) is 22.3 Å². The highest BCUT2D eigenvalue weighted by Crippen LogP contribution is 2.43. The third-order valence-corrected chi connectivity index (χ3v) is 10.6. The number of para-hydroxylation sites is 1. The van der Waals surface area contributed by atoms with Gasteiger partial charge in [0.2, 0.25) is 0 Å². The van der Waals surface area contributed by atoms with Crippen LogP contribution in [0.1, 0.15) is 106 Å². The Hall–Kier alpha value is -6.26. The highest BCUT2D eigenvalue weighted by atomic mass is 16.3. The first-order valence-electron chi connectivity index (χ1n) is 26.0. The first kappa shape index (κ1) is 25.9. The maximum absolute atomic E-state index is 12.2. The molecule has 0 fully saturated rings. The molecule has 0 amide bonds. The van der Waals surface area contributed by atoms with Crippen molar-refractivity contribution in [1.29, 1.82) is 0 Å². The lowest BCUT2D eigenvalue weighted by atomic mass is 9.83. The van der Waals surface area contributed by atoms with E-state index in [1.165, 1.54) is 0 Å². The van der Waals surface area contributed by atoms with Crippen LogP contribution in [0.4, 0.5) is 0 Å². The van der Waals surface area contributed by atoms with E-state index in [-0.39, 0.29) is 28.8 Å². The highest BCUT2D eigenvalue weighted by molar-refractivity contribution is 5.97. The van der Waals surface area contributed by atoms with Crippen LogP contribution in [0.3, 0.4) is 0 Å². The topological polar surface area (TPSA) is 50.9 Å². The van der Waals surface area contributed by atoms with Gasteiger partial charge >= 0.3 is 0 Å². The molecule has 0 aliphatic heterocycles. The van der Waals surface area contributed by atoms with E-state index in [1.807, 2.05) is 112 Å². The molecule has 0 aliphatic rings. The lowest BCUT2D eigenvalue weighted by Crippen LogP contribution is -2.11. The second-order valence-electron chi connectivity index (χ2n) is 16.4. The molecule has 4 heteroatoms. The number of benzene rings is 6. The minimum atomic E-state index is -2.98. The molecule has 58 heavy (non-hydrogen) atoms. The Labute approximate surface area is 362 Å². The van der Waals surface area contributed by atoms with Crippen molar-refractivity contribution in [2.24, 2.45) is 0 Å². The summed E-state index contributed by atoms with van der Waals surface area (Å²) in [5.41, 5.74) is 5.16. The molecule has 290 valence electrons. The molecule has 0 saturated heterocycles. The van der Waals surface area contributed by atoms with Crippen LogP contribution in [-0.4, -0.2) is 19.6 Å². The van der Waals surface area contributed by atoms with Gasteiger partial charge in [0, 0.05) is 31.2 Å². The lowest BCUT2D eigenvalue weighted by Gasteiger charge is -2.22. The maximum Gasteiger partial charge on any atom is 0.149 e. The number of aryl methyl sites for hydroxylation is 1. The van der Waals surface area contributed by atoms with Gasteiger partial charge in [0.15, 0.2) is 0 Å². The summed E-state index contributed by atoms with van der Waals surface area (Å²) < 4.78 is 114. The standard InChI is InChI=1S/C54H53N3O/c1-33(2)40-30-47(34(3)4)52(58)48(31-40)53-56-51-46(16-13-17-50(51)57(53)44-22-23-45(36(6)26-44)38-14-11-10-12-15-38)41-27-42(29-43(28-41)54(7,8)9)49-32-39(24-25-55-49)37-20-18-35(5)19-21-37/h10-34,58H,1-9H3/i5D3,6D3,18D,19D,20D,21D,24D,25D,32D. The van der Waals surface area contributed by atoms with Gasteiger partial charge in [-0.2, -0.15) is 0 Å². The number of imidazole rings is 1. The zero-order chi connectivity index (χ0) is 52.0. The Bertz CT molecular complexity index is 3390. The summed E-state index contributed by atoms with van der Waals surface area (Å²) >= 11 is 0. The van der Waals surface area contributed by atoms with E-state index in [2.05, 4.69) is 18.8 Å². The quantitative estimate of drug-likeness (QED) is 0.167. The van der Waals surface area contributed by atoms with Crippen LogP contribution in [0.5, 0.6) is 5.75 Å².